The molecule has 0 aliphatic carbocycles. The highest BCUT2D eigenvalue weighted by Crippen LogP contribution is 2.31. The van der Waals surface area contributed by atoms with Gasteiger partial charge in [-0.2, -0.15) is 9.41 Å². The molecule has 0 heterocycles. The third-order valence-corrected chi connectivity index (χ3v) is 6.86. The zero-order chi connectivity index (χ0) is 26.1. The number of rotatable bonds is 11. The fraction of sp³-hybridized carbons (Fsp3) is 0.160. The van der Waals surface area contributed by atoms with Crippen molar-refractivity contribution in [1.82, 2.24) is 9.73 Å². The Morgan fingerprint density at radius 2 is 1.64 bits per heavy atom. The molecule has 1 amide bonds. The number of aromatic carboxylic acids is 1. The average Bonchev–Trinajstić information content (AvgIpc) is 2.88. The highest BCUT2D eigenvalue weighted by molar-refractivity contribution is 7.89. The molecule has 11 heteroatoms. The Morgan fingerprint density at radius 3 is 2.25 bits per heavy atom. The Morgan fingerprint density at radius 1 is 0.972 bits per heavy atom. The average molecular weight is 512 g/mol. The molecule has 0 aliphatic rings. The molecule has 0 bridgehead atoms. The van der Waals surface area contributed by atoms with Crippen LogP contribution in [0.2, 0.25) is 0 Å². The van der Waals surface area contributed by atoms with Crippen LogP contribution < -0.4 is 14.9 Å². The standard InChI is InChI=1S/C25H25N3O7S/c1-34-22-13-12-21(14-23(22)35-2)36(32,33)28(16-19-6-4-3-5-7-19)17-24(29)27-26-15-18-8-10-20(11-9-18)25(30)31/h3-15H,16-17H2,1-2H3,(H,27,29)(H,30,31)/b26-15+. The van der Waals surface area contributed by atoms with Gasteiger partial charge in [0.2, 0.25) is 10.0 Å². The maximum atomic E-state index is 13.5. The lowest BCUT2D eigenvalue weighted by atomic mass is 10.1. The first-order valence-electron chi connectivity index (χ1n) is 10.7. The second-order valence-corrected chi connectivity index (χ2v) is 9.43. The van der Waals surface area contributed by atoms with Gasteiger partial charge in [-0.15, -0.1) is 0 Å². The van der Waals surface area contributed by atoms with Crippen molar-refractivity contribution in [2.75, 3.05) is 20.8 Å². The van der Waals surface area contributed by atoms with E-state index in [1.807, 2.05) is 0 Å². The fourth-order valence-electron chi connectivity index (χ4n) is 3.23. The Labute approximate surface area is 208 Å². The van der Waals surface area contributed by atoms with Gasteiger partial charge in [-0.3, -0.25) is 4.79 Å². The van der Waals surface area contributed by atoms with Gasteiger partial charge in [0.25, 0.3) is 5.91 Å². The predicted octanol–water partition coefficient (Wildman–Crippen LogP) is 2.74. The topological polar surface area (TPSA) is 135 Å². The zero-order valence-corrected chi connectivity index (χ0v) is 20.4. The molecular weight excluding hydrogens is 486 g/mol. The number of hydrogen-bond acceptors (Lipinski definition) is 7. The Balaban J connectivity index is 1.80. The minimum Gasteiger partial charge on any atom is -0.493 e. The number of nitrogens with one attached hydrogen (secondary N) is 1. The first kappa shape index (κ1) is 26.4. The molecule has 10 nitrogen and oxygen atoms in total. The highest BCUT2D eigenvalue weighted by atomic mass is 32.2. The lowest BCUT2D eigenvalue weighted by Crippen LogP contribution is -2.39. The summed E-state index contributed by atoms with van der Waals surface area (Å²) in [5.74, 6) is -1.11. The summed E-state index contributed by atoms with van der Waals surface area (Å²) in [7, 11) is -1.27. The van der Waals surface area contributed by atoms with Crippen LogP contribution >= 0.6 is 0 Å². The number of carbonyl (C=O) groups is 2. The predicted molar refractivity (Wildman–Crippen MR) is 133 cm³/mol. The first-order chi connectivity index (χ1) is 17.2. The van der Waals surface area contributed by atoms with Gasteiger partial charge < -0.3 is 14.6 Å². The molecule has 0 radical (unpaired) electrons. The van der Waals surface area contributed by atoms with E-state index in [-0.39, 0.29) is 22.8 Å². The van der Waals surface area contributed by atoms with Crippen LogP contribution in [0.1, 0.15) is 21.5 Å². The monoisotopic (exact) mass is 511 g/mol. The van der Waals surface area contributed by atoms with Crippen molar-refractivity contribution in [3.8, 4) is 11.5 Å². The van der Waals surface area contributed by atoms with Crippen molar-refractivity contribution in [2.45, 2.75) is 11.4 Å². The van der Waals surface area contributed by atoms with E-state index in [0.717, 1.165) is 4.31 Å². The van der Waals surface area contributed by atoms with E-state index >= 15 is 0 Å². The van der Waals surface area contributed by atoms with E-state index < -0.39 is 28.4 Å². The van der Waals surface area contributed by atoms with E-state index in [2.05, 4.69) is 10.5 Å². The Hall–Kier alpha value is -4.22. The van der Waals surface area contributed by atoms with Crippen LogP contribution in [0.15, 0.2) is 82.8 Å². The molecule has 0 fully saturated rings. The van der Waals surface area contributed by atoms with E-state index in [1.165, 1.54) is 62.9 Å². The highest BCUT2D eigenvalue weighted by Gasteiger charge is 2.28. The minimum atomic E-state index is -4.11. The van der Waals surface area contributed by atoms with Gasteiger partial charge in [-0.1, -0.05) is 42.5 Å². The van der Waals surface area contributed by atoms with Crippen LogP contribution in [0.5, 0.6) is 11.5 Å². The molecule has 0 aromatic heterocycles. The molecule has 0 aliphatic heterocycles. The number of carboxylic acid groups (broad SMARTS) is 1. The third kappa shape index (κ3) is 6.68. The van der Waals surface area contributed by atoms with Crippen LogP contribution in [-0.2, 0) is 21.4 Å². The van der Waals surface area contributed by atoms with Gasteiger partial charge in [0.15, 0.2) is 11.5 Å². The van der Waals surface area contributed by atoms with Gasteiger partial charge >= 0.3 is 5.97 Å². The van der Waals surface area contributed by atoms with Gasteiger partial charge in [-0.05, 0) is 35.4 Å². The molecule has 188 valence electrons. The molecule has 2 N–H and O–H groups in total. The smallest absolute Gasteiger partial charge is 0.335 e. The van der Waals surface area contributed by atoms with Crippen molar-refractivity contribution in [3.05, 3.63) is 89.5 Å². The lowest BCUT2D eigenvalue weighted by molar-refractivity contribution is -0.121. The van der Waals surface area contributed by atoms with Crippen molar-refractivity contribution >= 4 is 28.1 Å². The van der Waals surface area contributed by atoms with E-state index in [1.54, 1.807) is 30.3 Å². The molecule has 3 rings (SSSR count). The Bertz CT molecular complexity index is 1340. The number of sulfonamides is 1. The summed E-state index contributed by atoms with van der Waals surface area (Å²) >= 11 is 0. The fourth-order valence-corrected chi connectivity index (χ4v) is 4.63. The lowest BCUT2D eigenvalue weighted by Gasteiger charge is -2.22. The number of carboxylic acids is 1. The van der Waals surface area contributed by atoms with Gasteiger partial charge in [-0.25, -0.2) is 18.6 Å². The summed E-state index contributed by atoms with van der Waals surface area (Å²) in [5.41, 5.74) is 3.68. The number of methoxy groups -OCH3 is 2. The molecule has 0 saturated carbocycles. The molecule has 0 atom stereocenters. The number of amides is 1. The summed E-state index contributed by atoms with van der Waals surface area (Å²) in [6.45, 7) is -0.549. The summed E-state index contributed by atoms with van der Waals surface area (Å²) in [6, 6.07) is 18.9. The summed E-state index contributed by atoms with van der Waals surface area (Å²) in [4.78, 5) is 23.5. The molecule has 0 spiro atoms. The molecular formula is C25H25N3O7S. The van der Waals surface area contributed by atoms with E-state index in [0.29, 0.717) is 16.9 Å². The molecule has 0 saturated heterocycles. The molecule has 36 heavy (non-hydrogen) atoms. The summed E-state index contributed by atoms with van der Waals surface area (Å²) in [5, 5.41) is 12.8. The largest absolute Gasteiger partial charge is 0.493 e. The van der Waals surface area contributed by atoms with Crippen LogP contribution in [0.4, 0.5) is 0 Å². The number of nitrogens with zero attached hydrogens (tertiary/aromatic N) is 2. The maximum Gasteiger partial charge on any atom is 0.335 e. The van der Waals surface area contributed by atoms with Gasteiger partial charge in [0.1, 0.15) is 0 Å². The van der Waals surface area contributed by atoms with Crippen molar-refractivity contribution in [2.24, 2.45) is 5.10 Å². The minimum absolute atomic E-state index is 0.0503. The van der Waals surface area contributed by atoms with Crippen LogP contribution in [0.25, 0.3) is 0 Å². The quantitative estimate of drug-likeness (QED) is 0.299. The van der Waals surface area contributed by atoms with E-state index in [4.69, 9.17) is 14.6 Å². The van der Waals surface area contributed by atoms with Crippen molar-refractivity contribution < 1.29 is 32.6 Å². The van der Waals surface area contributed by atoms with Gasteiger partial charge in [0, 0.05) is 12.6 Å². The molecule has 3 aromatic carbocycles. The number of carbonyl (C=O) groups excluding carboxylic acids is 1. The summed E-state index contributed by atoms with van der Waals surface area (Å²) < 4.78 is 38.4. The normalized spacial score (nSPS) is 11.4. The Kier molecular flexibility index (Phi) is 8.76. The maximum absolute atomic E-state index is 13.5. The zero-order valence-electron chi connectivity index (χ0n) is 19.6. The van der Waals surface area contributed by atoms with Crippen molar-refractivity contribution in [1.29, 1.82) is 0 Å². The van der Waals surface area contributed by atoms with Crippen LogP contribution in [0, 0.1) is 0 Å². The van der Waals surface area contributed by atoms with Crippen LogP contribution in [-0.4, -0.2) is 56.7 Å². The first-order valence-corrected chi connectivity index (χ1v) is 12.1. The number of ether oxygens (including phenoxy) is 2. The number of benzene rings is 3. The second kappa shape index (κ2) is 12.0. The van der Waals surface area contributed by atoms with E-state index in [9.17, 15) is 18.0 Å². The molecule has 0 unspecified atom stereocenters. The van der Waals surface area contributed by atoms with Crippen LogP contribution in [0.3, 0.4) is 0 Å². The SMILES string of the molecule is COc1ccc(S(=O)(=O)N(CC(=O)N/N=C/c2ccc(C(=O)O)cc2)Cc2ccccc2)cc1OC. The summed E-state index contributed by atoms with van der Waals surface area (Å²) in [6.07, 6.45) is 1.33. The second-order valence-electron chi connectivity index (χ2n) is 7.50. The van der Waals surface area contributed by atoms with Crippen molar-refractivity contribution in [3.63, 3.8) is 0 Å². The van der Waals surface area contributed by atoms with Gasteiger partial charge in [0.05, 0.1) is 37.4 Å². The number of hydrazone groups is 1. The third-order valence-electron chi connectivity index (χ3n) is 5.07. The molecule has 3 aromatic rings. The number of hydrogen-bond donors (Lipinski definition) is 2.